The number of likely N-dealkylation sites (tertiary alicyclic amines) is 2. The Hall–Kier alpha value is -5.58. The van der Waals surface area contributed by atoms with E-state index in [9.17, 15) is 19.2 Å². The van der Waals surface area contributed by atoms with Crippen molar-refractivity contribution in [1.82, 2.24) is 40.4 Å². The Morgan fingerprint density at radius 2 is 1.09 bits per heavy atom. The molecular weight excluding hydrogens is 688 g/mol. The molecule has 8 rings (SSSR count). The van der Waals surface area contributed by atoms with E-state index in [-0.39, 0.29) is 47.8 Å². The quantitative estimate of drug-likeness (QED) is 0.185. The largest absolute Gasteiger partial charge is 0.453 e. The molecule has 0 bridgehead atoms. The number of methoxy groups -OCH3 is 2. The molecule has 14 nitrogen and oxygen atoms in total. The molecule has 4 N–H and O–H groups in total. The number of aromatic nitrogens is 4. The second-order valence-electron chi connectivity index (χ2n) is 15.8. The van der Waals surface area contributed by atoms with Gasteiger partial charge in [-0.1, -0.05) is 39.5 Å². The average molecular weight is 735 g/mol. The molecule has 2 saturated heterocycles. The van der Waals surface area contributed by atoms with E-state index in [1.807, 2.05) is 73.9 Å². The lowest BCUT2D eigenvalue weighted by Gasteiger charge is -2.31. The predicted octanol–water partition coefficient (Wildman–Crippen LogP) is 4.92. The molecule has 2 aliphatic carbocycles. The van der Waals surface area contributed by atoms with Gasteiger partial charge in [-0.25, -0.2) is 19.6 Å². The van der Waals surface area contributed by atoms with Crippen molar-refractivity contribution in [3.05, 3.63) is 59.2 Å². The molecule has 282 valence electrons. The molecule has 0 spiro atoms. The molecule has 2 aromatic carbocycles. The van der Waals surface area contributed by atoms with Crippen molar-refractivity contribution in [2.75, 3.05) is 14.2 Å². The Morgan fingerprint density at radius 1 is 0.685 bits per heavy atom. The van der Waals surface area contributed by atoms with Gasteiger partial charge in [0.15, 0.2) is 0 Å². The van der Waals surface area contributed by atoms with Crippen LogP contribution in [0.5, 0.6) is 0 Å². The molecule has 8 atom stereocenters. The molecule has 2 aromatic heterocycles. The van der Waals surface area contributed by atoms with Gasteiger partial charge in [0.2, 0.25) is 11.8 Å². The van der Waals surface area contributed by atoms with Gasteiger partial charge >= 0.3 is 12.2 Å². The van der Waals surface area contributed by atoms with E-state index in [0.717, 1.165) is 70.5 Å². The van der Waals surface area contributed by atoms with E-state index >= 15 is 0 Å². The SMILES string of the molecule is COC(=O)NC(C(=O)N1[C@@H]2C[C@@H]2C[C@H]1c1nc2ccc(C#Cc3ccc4nc([C@@H]5C[C@H]6C[C@H]6N5C(=O)C(NC(=O)OC)C(C)C)[nH]c4c3)cc2[nH]1)C(C)C. The first-order valence-electron chi connectivity index (χ1n) is 18.8. The second-order valence-corrected chi connectivity index (χ2v) is 15.8. The van der Waals surface area contributed by atoms with Crippen LogP contribution in [0.15, 0.2) is 36.4 Å². The van der Waals surface area contributed by atoms with Crippen LogP contribution in [0.1, 0.15) is 88.2 Å². The fraction of sp³-hybridized carbons (Fsp3) is 0.500. The van der Waals surface area contributed by atoms with Crippen LogP contribution in [0.25, 0.3) is 22.1 Å². The first-order valence-corrected chi connectivity index (χ1v) is 18.8. The molecule has 4 aromatic rings. The predicted molar refractivity (Wildman–Crippen MR) is 199 cm³/mol. The minimum atomic E-state index is -0.690. The van der Waals surface area contributed by atoms with Crippen LogP contribution in [0.4, 0.5) is 9.59 Å². The van der Waals surface area contributed by atoms with E-state index in [2.05, 4.69) is 32.4 Å². The van der Waals surface area contributed by atoms with Gasteiger partial charge in [-0.05, 0) is 85.8 Å². The summed E-state index contributed by atoms with van der Waals surface area (Å²) in [6.45, 7) is 7.65. The molecule has 4 fully saturated rings. The highest BCUT2D eigenvalue weighted by molar-refractivity contribution is 5.88. The van der Waals surface area contributed by atoms with E-state index in [1.165, 1.54) is 14.2 Å². The van der Waals surface area contributed by atoms with Crippen molar-refractivity contribution >= 4 is 46.1 Å². The third kappa shape index (κ3) is 6.50. The maximum atomic E-state index is 13.8. The van der Waals surface area contributed by atoms with Crippen LogP contribution in [0, 0.1) is 35.5 Å². The van der Waals surface area contributed by atoms with Crippen molar-refractivity contribution in [3.63, 3.8) is 0 Å². The number of nitrogens with one attached hydrogen (secondary N) is 4. The van der Waals surface area contributed by atoms with Crippen LogP contribution in [-0.2, 0) is 19.1 Å². The van der Waals surface area contributed by atoms with Gasteiger partial charge < -0.3 is 39.9 Å². The Balaban J connectivity index is 0.993. The number of carbonyl (C=O) groups is 4. The number of nitrogens with zero attached hydrogens (tertiary/aromatic N) is 4. The maximum Gasteiger partial charge on any atom is 0.407 e. The number of imidazole rings is 2. The van der Waals surface area contributed by atoms with Crippen molar-refractivity contribution in [2.45, 2.75) is 89.6 Å². The minimum Gasteiger partial charge on any atom is -0.453 e. The van der Waals surface area contributed by atoms with E-state index in [0.29, 0.717) is 11.8 Å². The Labute approximate surface area is 313 Å². The highest BCUT2D eigenvalue weighted by atomic mass is 16.5. The van der Waals surface area contributed by atoms with Crippen molar-refractivity contribution in [3.8, 4) is 11.8 Å². The van der Waals surface area contributed by atoms with Gasteiger partial charge in [0, 0.05) is 23.2 Å². The van der Waals surface area contributed by atoms with Crippen LogP contribution in [0.2, 0.25) is 0 Å². The number of alkyl carbamates (subject to hydrolysis) is 2. The third-order valence-corrected chi connectivity index (χ3v) is 11.5. The zero-order valence-corrected chi connectivity index (χ0v) is 31.3. The number of rotatable bonds is 8. The topological polar surface area (TPSA) is 175 Å². The zero-order chi connectivity index (χ0) is 38.0. The van der Waals surface area contributed by atoms with E-state index < -0.39 is 24.3 Å². The van der Waals surface area contributed by atoms with Crippen molar-refractivity contribution in [2.24, 2.45) is 23.7 Å². The summed E-state index contributed by atoms with van der Waals surface area (Å²) < 4.78 is 9.58. The fourth-order valence-corrected chi connectivity index (χ4v) is 8.43. The smallest absolute Gasteiger partial charge is 0.407 e. The monoisotopic (exact) mass is 734 g/mol. The second kappa shape index (κ2) is 13.7. The normalized spacial score (nSPS) is 24.8. The number of ether oxygens (including phenoxy) is 2. The molecule has 4 amide bonds. The molecule has 2 aliphatic heterocycles. The first kappa shape index (κ1) is 35.4. The van der Waals surface area contributed by atoms with Crippen LogP contribution in [-0.4, -0.2) is 92.1 Å². The first-order chi connectivity index (χ1) is 25.9. The van der Waals surface area contributed by atoms with Gasteiger partial charge in [0.25, 0.3) is 0 Å². The summed E-state index contributed by atoms with van der Waals surface area (Å²) in [6, 6.07) is 10.2. The highest BCUT2D eigenvalue weighted by Gasteiger charge is 2.57. The summed E-state index contributed by atoms with van der Waals surface area (Å²) in [5, 5.41) is 5.46. The van der Waals surface area contributed by atoms with Crippen LogP contribution < -0.4 is 10.6 Å². The number of H-pyrrole nitrogens is 2. The van der Waals surface area contributed by atoms with Crippen LogP contribution >= 0.6 is 0 Å². The highest BCUT2D eigenvalue weighted by Crippen LogP contribution is 2.54. The lowest BCUT2D eigenvalue weighted by molar-refractivity contribution is -0.137. The molecule has 2 saturated carbocycles. The number of aromatic amines is 2. The number of fused-ring (bicyclic) bond motifs is 4. The number of carbonyl (C=O) groups excluding carboxylic acids is 4. The number of benzene rings is 2. The van der Waals surface area contributed by atoms with Gasteiger partial charge in [0.1, 0.15) is 23.7 Å². The zero-order valence-electron chi connectivity index (χ0n) is 31.3. The molecule has 54 heavy (non-hydrogen) atoms. The van der Waals surface area contributed by atoms with Crippen molar-refractivity contribution in [1.29, 1.82) is 0 Å². The number of piperidine rings is 2. The summed E-state index contributed by atoms with van der Waals surface area (Å²) in [7, 11) is 2.59. The Morgan fingerprint density at radius 3 is 1.46 bits per heavy atom. The Bertz CT molecular complexity index is 2060. The summed E-state index contributed by atoms with van der Waals surface area (Å²) in [5.74, 6) is 8.44. The van der Waals surface area contributed by atoms with Gasteiger partial charge in [0.05, 0.1) is 48.4 Å². The van der Waals surface area contributed by atoms with Gasteiger partial charge in [-0.15, -0.1) is 0 Å². The van der Waals surface area contributed by atoms with E-state index in [4.69, 9.17) is 19.4 Å². The molecule has 4 aliphatic rings. The van der Waals surface area contributed by atoms with Gasteiger partial charge in [-0.3, -0.25) is 9.59 Å². The minimum absolute atomic E-state index is 0.109. The summed E-state index contributed by atoms with van der Waals surface area (Å²) in [5.41, 5.74) is 4.88. The molecular formula is C40H46N8O6. The van der Waals surface area contributed by atoms with Crippen molar-refractivity contribution < 1.29 is 28.7 Å². The summed E-state index contributed by atoms with van der Waals surface area (Å²) in [4.78, 5) is 72.2. The average Bonchev–Trinajstić information content (AvgIpc) is 3.82. The fourth-order valence-electron chi connectivity index (χ4n) is 8.43. The lowest BCUT2D eigenvalue weighted by atomic mass is 10.0. The number of amides is 4. The summed E-state index contributed by atoms with van der Waals surface area (Å²) >= 11 is 0. The Kier molecular flexibility index (Phi) is 8.98. The molecule has 0 radical (unpaired) electrons. The molecule has 2 unspecified atom stereocenters. The lowest BCUT2D eigenvalue weighted by Crippen LogP contribution is -2.52. The van der Waals surface area contributed by atoms with Crippen LogP contribution in [0.3, 0.4) is 0 Å². The van der Waals surface area contributed by atoms with E-state index in [1.54, 1.807) is 0 Å². The van der Waals surface area contributed by atoms with Gasteiger partial charge in [-0.2, -0.15) is 0 Å². The summed E-state index contributed by atoms with van der Waals surface area (Å²) in [6.07, 6.45) is 2.33. The molecule has 4 heterocycles. The third-order valence-electron chi connectivity index (χ3n) is 11.5. The number of hydrogen-bond acceptors (Lipinski definition) is 8. The number of hydrogen-bond donors (Lipinski definition) is 4. The maximum absolute atomic E-state index is 13.8. The molecule has 14 heteroatoms. The standard InChI is InChI=1S/C40H46N8O6/c1-19(2)33(45-39(51)53-5)37(49)47-29-15-23(29)17-31(47)35-41-25-11-9-21(13-27(25)43-35)7-8-22-10-12-26-28(14-22)44-36(42-26)32-18-24-16-30(24)48(32)38(50)34(20(3)4)46-40(52)54-6/h9-14,19-20,23-24,29-34H,15-18H2,1-6H3,(H,41,43)(H,42,44)(H,45,51)(H,46,52)/t23-,24-,29-,30-,31+,32+,33?,34?/m1/s1.